The molecule has 1 aromatic heterocycles. The Morgan fingerprint density at radius 2 is 1.86 bits per heavy atom. The lowest BCUT2D eigenvalue weighted by atomic mass is 9.63. The molecule has 0 amide bonds. The second-order valence-electron chi connectivity index (χ2n) is 10.2. The van der Waals surface area contributed by atoms with Crippen LogP contribution in [-0.2, 0) is 4.74 Å². The first kappa shape index (κ1) is 19.5. The largest absolute Gasteiger partial charge is 0.381 e. The molecule has 0 radical (unpaired) electrons. The van der Waals surface area contributed by atoms with Crippen LogP contribution in [0.3, 0.4) is 0 Å². The first-order valence-corrected chi connectivity index (χ1v) is 11.8. The number of fused-ring (bicyclic) bond motifs is 2. The number of ether oxygens (including phenoxy) is 1. The standard InChI is InChI=1S/C24H34FN3O/c1-29-19-6-5-16-3-4-17(9-18(16)10-19)21-11-23(28-14-27-13-24(21)28)20-7-2-15(12-26)8-22(20)25/h13-23H,2-11H2,1H3. The van der Waals surface area contributed by atoms with Crippen LogP contribution in [0, 0.1) is 40.9 Å². The van der Waals surface area contributed by atoms with E-state index in [1.54, 1.807) is 0 Å². The van der Waals surface area contributed by atoms with Crippen molar-refractivity contribution in [2.75, 3.05) is 7.11 Å². The number of nitrogens with zero attached hydrogens (tertiary/aromatic N) is 3. The van der Waals surface area contributed by atoms with E-state index in [9.17, 15) is 5.26 Å². The van der Waals surface area contributed by atoms with E-state index in [0.717, 1.165) is 31.1 Å². The second kappa shape index (κ2) is 8.02. The van der Waals surface area contributed by atoms with E-state index < -0.39 is 6.17 Å². The maximum Gasteiger partial charge on any atom is 0.106 e. The summed E-state index contributed by atoms with van der Waals surface area (Å²) in [7, 11) is 1.86. The summed E-state index contributed by atoms with van der Waals surface area (Å²) in [5.41, 5.74) is 1.34. The molecular formula is C24H34FN3O. The zero-order valence-electron chi connectivity index (χ0n) is 17.5. The Kier molecular flexibility index (Phi) is 5.41. The lowest BCUT2D eigenvalue weighted by Crippen LogP contribution is -2.35. The van der Waals surface area contributed by atoms with E-state index in [4.69, 9.17) is 4.74 Å². The zero-order chi connectivity index (χ0) is 20.0. The number of hydrogen-bond acceptors (Lipinski definition) is 3. The number of imidazole rings is 1. The molecule has 3 fully saturated rings. The number of alkyl halides is 1. The van der Waals surface area contributed by atoms with Gasteiger partial charge in [-0.1, -0.05) is 0 Å². The second-order valence-corrected chi connectivity index (χ2v) is 10.2. The average molecular weight is 400 g/mol. The van der Waals surface area contributed by atoms with Gasteiger partial charge in [-0.15, -0.1) is 0 Å². The molecule has 0 spiro atoms. The summed E-state index contributed by atoms with van der Waals surface area (Å²) in [6, 6.07) is 2.51. The van der Waals surface area contributed by atoms with Gasteiger partial charge in [0.2, 0.25) is 0 Å². The van der Waals surface area contributed by atoms with Crippen LogP contribution in [0.1, 0.15) is 81.9 Å². The molecule has 3 saturated carbocycles. The fourth-order valence-electron chi connectivity index (χ4n) is 7.35. The molecule has 1 aromatic rings. The van der Waals surface area contributed by atoms with Gasteiger partial charge in [0.15, 0.2) is 0 Å². The van der Waals surface area contributed by atoms with Crippen molar-refractivity contribution >= 4 is 0 Å². The van der Waals surface area contributed by atoms with E-state index in [1.165, 1.54) is 44.2 Å². The van der Waals surface area contributed by atoms with Crippen LogP contribution in [0.5, 0.6) is 0 Å². The lowest BCUT2D eigenvalue weighted by Gasteiger charge is -2.43. The Labute approximate surface area is 173 Å². The molecule has 2 heterocycles. The Morgan fingerprint density at radius 3 is 2.66 bits per heavy atom. The van der Waals surface area contributed by atoms with Gasteiger partial charge in [-0.3, -0.25) is 0 Å². The minimum atomic E-state index is -0.857. The summed E-state index contributed by atoms with van der Waals surface area (Å²) in [5.74, 6) is 2.84. The summed E-state index contributed by atoms with van der Waals surface area (Å²) < 4.78 is 23.0. The highest BCUT2D eigenvalue weighted by molar-refractivity contribution is 5.17. The molecule has 0 saturated heterocycles. The van der Waals surface area contributed by atoms with Crippen LogP contribution in [-0.4, -0.2) is 28.9 Å². The maximum absolute atomic E-state index is 15.0. The molecule has 5 rings (SSSR count). The summed E-state index contributed by atoms with van der Waals surface area (Å²) in [6.45, 7) is 0. The molecule has 29 heavy (non-hydrogen) atoms. The molecule has 158 valence electrons. The maximum atomic E-state index is 15.0. The number of halogens is 1. The summed E-state index contributed by atoms with van der Waals surface area (Å²) >= 11 is 0. The normalized spacial score (nSPS) is 44.7. The Morgan fingerprint density at radius 1 is 1.03 bits per heavy atom. The van der Waals surface area contributed by atoms with E-state index in [0.29, 0.717) is 24.4 Å². The topological polar surface area (TPSA) is 50.8 Å². The van der Waals surface area contributed by atoms with Gasteiger partial charge in [0, 0.05) is 42.8 Å². The smallest absolute Gasteiger partial charge is 0.106 e. The highest BCUT2D eigenvalue weighted by atomic mass is 19.1. The number of methoxy groups -OCH3 is 1. The van der Waals surface area contributed by atoms with E-state index in [-0.39, 0.29) is 17.9 Å². The number of nitriles is 1. The molecule has 4 aliphatic rings. The predicted octanol–water partition coefficient (Wildman–Crippen LogP) is 5.42. The first-order valence-electron chi connectivity index (χ1n) is 11.8. The third kappa shape index (κ3) is 3.52. The fraction of sp³-hybridized carbons (Fsp3) is 0.833. The van der Waals surface area contributed by atoms with Gasteiger partial charge < -0.3 is 9.30 Å². The van der Waals surface area contributed by atoms with Crippen molar-refractivity contribution in [1.29, 1.82) is 5.26 Å². The van der Waals surface area contributed by atoms with E-state index in [1.807, 2.05) is 19.6 Å². The molecule has 1 aliphatic heterocycles. The van der Waals surface area contributed by atoms with E-state index >= 15 is 4.39 Å². The summed E-state index contributed by atoms with van der Waals surface area (Å²) in [4.78, 5) is 4.47. The third-order valence-corrected chi connectivity index (χ3v) is 8.94. The predicted molar refractivity (Wildman–Crippen MR) is 109 cm³/mol. The molecule has 0 aromatic carbocycles. The highest BCUT2D eigenvalue weighted by Gasteiger charge is 2.46. The monoisotopic (exact) mass is 399 g/mol. The van der Waals surface area contributed by atoms with Gasteiger partial charge in [-0.2, -0.15) is 5.26 Å². The number of hydrogen-bond donors (Lipinski definition) is 0. The molecule has 0 bridgehead atoms. The Hall–Kier alpha value is -1.41. The van der Waals surface area contributed by atoms with Crippen LogP contribution in [0.15, 0.2) is 12.5 Å². The third-order valence-electron chi connectivity index (χ3n) is 8.94. The minimum absolute atomic E-state index is 0.0430. The van der Waals surface area contributed by atoms with Crippen LogP contribution < -0.4 is 0 Å². The first-order chi connectivity index (χ1) is 14.2. The van der Waals surface area contributed by atoms with Gasteiger partial charge >= 0.3 is 0 Å². The van der Waals surface area contributed by atoms with E-state index in [2.05, 4.69) is 15.6 Å². The van der Waals surface area contributed by atoms with Crippen molar-refractivity contribution in [3.63, 3.8) is 0 Å². The van der Waals surface area contributed by atoms with Gasteiger partial charge in [-0.05, 0) is 82.0 Å². The van der Waals surface area contributed by atoms with Gasteiger partial charge in [0.25, 0.3) is 0 Å². The molecule has 0 N–H and O–H groups in total. The van der Waals surface area contributed by atoms with Crippen LogP contribution in [0.4, 0.5) is 4.39 Å². The van der Waals surface area contributed by atoms with Crippen molar-refractivity contribution in [2.24, 2.45) is 29.6 Å². The van der Waals surface area contributed by atoms with Crippen molar-refractivity contribution in [3.8, 4) is 6.07 Å². The van der Waals surface area contributed by atoms with Crippen LogP contribution in [0.25, 0.3) is 0 Å². The SMILES string of the molecule is COC1CCC2CCC(C3CC(C4CCC(C#N)CC4F)n4cncc43)CC2C1. The minimum Gasteiger partial charge on any atom is -0.381 e. The van der Waals surface area contributed by atoms with Crippen molar-refractivity contribution in [3.05, 3.63) is 18.2 Å². The Balaban J connectivity index is 1.31. The zero-order valence-corrected chi connectivity index (χ0v) is 17.5. The summed E-state index contributed by atoms with van der Waals surface area (Å²) in [6.07, 6.45) is 14.5. The molecule has 9 atom stereocenters. The quantitative estimate of drug-likeness (QED) is 0.682. The highest BCUT2D eigenvalue weighted by Crippen LogP contribution is 2.54. The molecule has 4 nitrogen and oxygen atoms in total. The van der Waals surface area contributed by atoms with Crippen molar-refractivity contribution in [1.82, 2.24) is 9.55 Å². The van der Waals surface area contributed by atoms with Crippen LogP contribution >= 0.6 is 0 Å². The van der Waals surface area contributed by atoms with Gasteiger partial charge in [0.1, 0.15) is 6.17 Å². The molecular weight excluding hydrogens is 365 g/mol. The molecule has 5 heteroatoms. The van der Waals surface area contributed by atoms with Crippen molar-refractivity contribution in [2.45, 2.75) is 88.4 Å². The van der Waals surface area contributed by atoms with Gasteiger partial charge in [0.05, 0.1) is 18.5 Å². The lowest BCUT2D eigenvalue weighted by molar-refractivity contribution is 0.00245. The van der Waals surface area contributed by atoms with Gasteiger partial charge in [-0.25, -0.2) is 9.37 Å². The Bertz CT molecular complexity index is 758. The van der Waals surface area contributed by atoms with Crippen LogP contribution in [0.2, 0.25) is 0 Å². The summed E-state index contributed by atoms with van der Waals surface area (Å²) in [5, 5.41) is 9.19. The fourth-order valence-corrected chi connectivity index (χ4v) is 7.35. The number of aromatic nitrogens is 2. The average Bonchev–Trinajstić information content (AvgIpc) is 3.36. The molecule has 3 aliphatic carbocycles. The number of rotatable bonds is 3. The molecule has 9 unspecified atom stereocenters. The van der Waals surface area contributed by atoms with Crippen molar-refractivity contribution < 1.29 is 9.13 Å².